The molecule has 0 atom stereocenters. The number of hydrazine groups is 1. The molecule has 2 amide bonds. The van der Waals surface area contributed by atoms with Gasteiger partial charge in [-0.15, -0.1) is 0 Å². The molecular weight excluding hydrogens is 296 g/mol. The van der Waals surface area contributed by atoms with E-state index in [1.54, 1.807) is 37.3 Å². The van der Waals surface area contributed by atoms with Gasteiger partial charge in [0.05, 0.1) is 0 Å². The van der Waals surface area contributed by atoms with Crippen molar-refractivity contribution in [2.75, 3.05) is 6.61 Å². The molecule has 0 bridgehead atoms. The molecule has 2 rings (SSSR count). The SMILES string of the molecule is Cc1cc(C(=O)NNC(=O)COc2ccc(Cl)cc2)n[nH]1. The number of nitrogens with one attached hydrogen (secondary N) is 3. The minimum absolute atomic E-state index is 0.186. The predicted octanol–water partition coefficient (Wildman–Crippen LogP) is 1.21. The summed E-state index contributed by atoms with van der Waals surface area (Å²) in [5.74, 6) is -0.506. The zero-order valence-corrected chi connectivity index (χ0v) is 11.9. The van der Waals surface area contributed by atoms with Crippen molar-refractivity contribution in [1.82, 2.24) is 21.0 Å². The Morgan fingerprint density at radius 3 is 2.62 bits per heavy atom. The number of hydrogen-bond acceptors (Lipinski definition) is 4. The first-order valence-corrected chi connectivity index (χ1v) is 6.42. The molecule has 7 nitrogen and oxygen atoms in total. The normalized spacial score (nSPS) is 10.0. The monoisotopic (exact) mass is 308 g/mol. The topological polar surface area (TPSA) is 96.1 Å². The number of hydrogen-bond donors (Lipinski definition) is 3. The maximum atomic E-state index is 11.6. The Morgan fingerprint density at radius 2 is 2.00 bits per heavy atom. The minimum Gasteiger partial charge on any atom is -0.484 e. The van der Waals surface area contributed by atoms with Gasteiger partial charge in [0.25, 0.3) is 11.8 Å². The molecular formula is C13H13ClN4O3. The number of carbonyl (C=O) groups is 2. The number of H-pyrrole nitrogens is 1. The van der Waals surface area contributed by atoms with Crippen LogP contribution in [0.25, 0.3) is 0 Å². The maximum absolute atomic E-state index is 11.6. The molecule has 0 aliphatic carbocycles. The highest BCUT2D eigenvalue weighted by molar-refractivity contribution is 6.30. The van der Waals surface area contributed by atoms with Crippen molar-refractivity contribution in [2.45, 2.75) is 6.92 Å². The van der Waals surface area contributed by atoms with Crippen LogP contribution >= 0.6 is 11.6 Å². The Bertz CT molecular complexity index is 639. The van der Waals surface area contributed by atoms with Crippen molar-refractivity contribution < 1.29 is 14.3 Å². The molecule has 110 valence electrons. The van der Waals surface area contributed by atoms with Crippen molar-refractivity contribution >= 4 is 23.4 Å². The number of aromatic amines is 1. The smallest absolute Gasteiger partial charge is 0.290 e. The first-order valence-electron chi connectivity index (χ1n) is 6.04. The number of halogens is 1. The minimum atomic E-state index is -0.515. The zero-order chi connectivity index (χ0) is 15.2. The molecule has 0 radical (unpaired) electrons. The van der Waals surface area contributed by atoms with Crippen molar-refractivity contribution in [2.24, 2.45) is 0 Å². The Kier molecular flexibility index (Phi) is 4.78. The zero-order valence-electron chi connectivity index (χ0n) is 11.1. The van der Waals surface area contributed by atoms with E-state index in [9.17, 15) is 9.59 Å². The number of aromatic nitrogens is 2. The molecule has 0 unspecified atom stereocenters. The lowest BCUT2D eigenvalue weighted by molar-refractivity contribution is -0.123. The summed E-state index contributed by atoms with van der Waals surface area (Å²) >= 11 is 5.73. The molecule has 0 fully saturated rings. The van der Waals surface area contributed by atoms with Crippen molar-refractivity contribution in [1.29, 1.82) is 0 Å². The summed E-state index contributed by atoms with van der Waals surface area (Å²) in [6.07, 6.45) is 0. The van der Waals surface area contributed by atoms with Crippen LogP contribution in [-0.2, 0) is 4.79 Å². The Labute approximate surface area is 125 Å². The fraction of sp³-hybridized carbons (Fsp3) is 0.154. The molecule has 3 N–H and O–H groups in total. The van der Waals surface area contributed by atoms with Gasteiger partial charge in [-0.25, -0.2) is 0 Å². The van der Waals surface area contributed by atoms with Gasteiger partial charge in [0, 0.05) is 10.7 Å². The lowest BCUT2D eigenvalue weighted by atomic mass is 10.3. The van der Waals surface area contributed by atoms with Crippen LogP contribution in [0.15, 0.2) is 30.3 Å². The third-order valence-corrected chi connectivity index (χ3v) is 2.69. The quantitative estimate of drug-likeness (QED) is 0.740. The standard InChI is InChI=1S/C13H13ClN4O3/c1-8-6-11(16-15-8)13(20)18-17-12(19)7-21-10-4-2-9(14)3-5-10/h2-6H,7H2,1H3,(H,15,16)(H,17,19)(H,18,20). The number of rotatable bonds is 4. The number of amides is 2. The third kappa shape index (κ3) is 4.50. The maximum Gasteiger partial charge on any atom is 0.290 e. The second-order valence-electron chi connectivity index (χ2n) is 4.18. The van der Waals surface area contributed by atoms with E-state index >= 15 is 0 Å². The highest BCUT2D eigenvalue weighted by Gasteiger charge is 2.10. The molecule has 21 heavy (non-hydrogen) atoms. The number of benzene rings is 1. The van der Waals surface area contributed by atoms with Crippen LogP contribution in [0.5, 0.6) is 5.75 Å². The lowest BCUT2D eigenvalue weighted by Gasteiger charge is -2.07. The van der Waals surface area contributed by atoms with Crippen LogP contribution in [0.4, 0.5) is 0 Å². The van der Waals surface area contributed by atoms with E-state index in [2.05, 4.69) is 21.0 Å². The molecule has 0 saturated heterocycles. The molecule has 1 heterocycles. The van der Waals surface area contributed by atoms with Crippen LogP contribution in [0.2, 0.25) is 5.02 Å². The summed E-state index contributed by atoms with van der Waals surface area (Å²) in [4.78, 5) is 23.1. The molecule has 1 aromatic heterocycles. The molecule has 0 aliphatic heterocycles. The van der Waals surface area contributed by atoms with Gasteiger partial charge in [0.15, 0.2) is 12.3 Å². The fourth-order valence-corrected chi connectivity index (χ4v) is 1.57. The first-order chi connectivity index (χ1) is 10.0. The molecule has 2 aromatic rings. The van der Waals surface area contributed by atoms with Gasteiger partial charge in [-0.3, -0.25) is 25.5 Å². The largest absolute Gasteiger partial charge is 0.484 e. The number of nitrogens with zero attached hydrogens (tertiary/aromatic N) is 1. The van der Waals surface area contributed by atoms with Gasteiger partial charge >= 0.3 is 0 Å². The summed E-state index contributed by atoms with van der Waals surface area (Å²) in [5.41, 5.74) is 5.40. The summed E-state index contributed by atoms with van der Waals surface area (Å²) in [7, 11) is 0. The average molecular weight is 309 g/mol. The molecule has 1 aromatic carbocycles. The van der Waals surface area contributed by atoms with Crippen LogP contribution < -0.4 is 15.6 Å². The fourth-order valence-electron chi connectivity index (χ4n) is 1.44. The van der Waals surface area contributed by atoms with Crippen LogP contribution in [-0.4, -0.2) is 28.6 Å². The van der Waals surface area contributed by atoms with E-state index in [4.69, 9.17) is 16.3 Å². The van der Waals surface area contributed by atoms with E-state index in [0.29, 0.717) is 10.8 Å². The Morgan fingerprint density at radius 1 is 1.29 bits per heavy atom. The average Bonchev–Trinajstić information content (AvgIpc) is 2.91. The molecule has 0 saturated carbocycles. The summed E-state index contributed by atoms with van der Waals surface area (Å²) in [6.45, 7) is 1.53. The van der Waals surface area contributed by atoms with E-state index in [1.807, 2.05) is 0 Å². The van der Waals surface area contributed by atoms with Gasteiger partial charge in [0.1, 0.15) is 5.75 Å². The summed E-state index contributed by atoms with van der Waals surface area (Å²) < 4.78 is 5.22. The predicted molar refractivity (Wildman–Crippen MR) is 75.9 cm³/mol. The number of aryl methyl sites for hydroxylation is 1. The Balaban J connectivity index is 1.74. The van der Waals surface area contributed by atoms with Gasteiger partial charge in [-0.2, -0.15) is 5.10 Å². The van der Waals surface area contributed by atoms with E-state index in [0.717, 1.165) is 5.69 Å². The van der Waals surface area contributed by atoms with E-state index < -0.39 is 11.8 Å². The molecule has 0 aliphatic rings. The van der Waals surface area contributed by atoms with Gasteiger partial charge < -0.3 is 4.74 Å². The second kappa shape index (κ2) is 6.76. The summed E-state index contributed by atoms with van der Waals surface area (Å²) in [5, 5.41) is 6.97. The molecule has 8 heteroatoms. The summed E-state index contributed by atoms with van der Waals surface area (Å²) in [6, 6.07) is 8.14. The van der Waals surface area contributed by atoms with Crippen LogP contribution in [0, 0.1) is 6.92 Å². The van der Waals surface area contributed by atoms with Crippen molar-refractivity contribution in [3.05, 3.63) is 46.7 Å². The van der Waals surface area contributed by atoms with Crippen LogP contribution in [0.1, 0.15) is 16.2 Å². The van der Waals surface area contributed by atoms with Crippen molar-refractivity contribution in [3.8, 4) is 5.75 Å². The lowest BCUT2D eigenvalue weighted by Crippen LogP contribution is -2.44. The van der Waals surface area contributed by atoms with Gasteiger partial charge in [-0.1, -0.05) is 11.6 Å². The third-order valence-electron chi connectivity index (χ3n) is 2.44. The first kappa shape index (κ1) is 14.9. The van der Waals surface area contributed by atoms with E-state index in [-0.39, 0.29) is 12.3 Å². The molecule has 0 spiro atoms. The highest BCUT2D eigenvalue weighted by atomic mass is 35.5. The van der Waals surface area contributed by atoms with Gasteiger partial charge in [-0.05, 0) is 37.3 Å². The van der Waals surface area contributed by atoms with Crippen LogP contribution in [0.3, 0.4) is 0 Å². The van der Waals surface area contributed by atoms with E-state index in [1.165, 1.54) is 0 Å². The second-order valence-corrected chi connectivity index (χ2v) is 4.62. The number of carbonyl (C=O) groups excluding carboxylic acids is 2. The van der Waals surface area contributed by atoms with Crippen molar-refractivity contribution in [3.63, 3.8) is 0 Å². The number of ether oxygens (including phenoxy) is 1. The van der Waals surface area contributed by atoms with Gasteiger partial charge in [0.2, 0.25) is 0 Å². The Hall–Kier alpha value is -2.54. The highest BCUT2D eigenvalue weighted by Crippen LogP contribution is 2.15.